The van der Waals surface area contributed by atoms with Crippen LogP contribution in [0.1, 0.15) is 40.5 Å². The van der Waals surface area contributed by atoms with Crippen LogP contribution in [-0.2, 0) is 10.0 Å². The molecule has 0 unspecified atom stereocenters. The highest BCUT2D eigenvalue weighted by atomic mass is 32.2. The summed E-state index contributed by atoms with van der Waals surface area (Å²) in [6.45, 7) is 1.59. The van der Waals surface area contributed by atoms with Gasteiger partial charge in [-0.05, 0) is 67.3 Å². The van der Waals surface area contributed by atoms with Gasteiger partial charge in [0.05, 0.1) is 4.90 Å². The van der Waals surface area contributed by atoms with Crippen LogP contribution in [0.2, 0.25) is 0 Å². The van der Waals surface area contributed by atoms with Gasteiger partial charge in [-0.1, -0.05) is 6.92 Å². The molecular formula is C22H24F3N3O4S. The summed E-state index contributed by atoms with van der Waals surface area (Å²) in [6.07, 6.45) is -2.89. The number of rotatable bonds is 6. The maximum absolute atomic E-state index is 12.8. The predicted octanol–water partition coefficient (Wildman–Crippen LogP) is 3.65. The molecule has 0 aliphatic carbocycles. The zero-order valence-corrected chi connectivity index (χ0v) is 18.7. The van der Waals surface area contributed by atoms with Crippen LogP contribution in [-0.4, -0.2) is 50.3 Å². The normalized spacial score (nSPS) is 15.8. The number of piperidine rings is 1. The molecule has 2 aromatic rings. The number of nitrogens with one attached hydrogen (secondary N) is 2. The van der Waals surface area contributed by atoms with Crippen molar-refractivity contribution in [3.05, 3.63) is 59.7 Å². The SMILES string of the molecule is CC1CCN(S(=O)(=O)c2ccc(C(=O)Nc3ccc(C(=O)NCC(F)(F)F)cc3)cc2)CC1. The Bertz CT molecular complexity index is 1090. The monoisotopic (exact) mass is 483 g/mol. The van der Waals surface area contributed by atoms with Gasteiger partial charge >= 0.3 is 6.18 Å². The molecule has 11 heteroatoms. The van der Waals surface area contributed by atoms with E-state index in [4.69, 9.17) is 0 Å². The van der Waals surface area contributed by atoms with Gasteiger partial charge in [0.15, 0.2) is 0 Å². The van der Waals surface area contributed by atoms with Crippen LogP contribution in [0, 0.1) is 5.92 Å². The van der Waals surface area contributed by atoms with Crippen LogP contribution in [0.5, 0.6) is 0 Å². The van der Waals surface area contributed by atoms with Crippen molar-refractivity contribution in [1.29, 1.82) is 0 Å². The lowest BCUT2D eigenvalue weighted by molar-refractivity contribution is -0.123. The second kappa shape index (κ2) is 9.92. The number of nitrogens with zero attached hydrogens (tertiary/aromatic N) is 1. The van der Waals surface area contributed by atoms with E-state index in [0.717, 1.165) is 12.8 Å². The van der Waals surface area contributed by atoms with Crippen LogP contribution < -0.4 is 10.6 Å². The van der Waals surface area contributed by atoms with Crippen molar-refractivity contribution in [2.75, 3.05) is 25.0 Å². The molecule has 2 aromatic carbocycles. The molecule has 1 heterocycles. The van der Waals surface area contributed by atoms with Crippen molar-refractivity contribution in [3.8, 4) is 0 Å². The van der Waals surface area contributed by atoms with Crippen molar-refractivity contribution in [2.45, 2.75) is 30.8 Å². The van der Waals surface area contributed by atoms with Crippen molar-refractivity contribution >= 4 is 27.5 Å². The largest absolute Gasteiger partial charge is 0.405 e. The molecule has 1 aliphatic heterocycles. The summed E-state index contributed by atoms with van der Waals surface area (Å²) < 4.78 is 63.6. The van der Waals surface area contributed by atoms with E-state index in [1.54, 1.807) is 5.32 Å². The van der Waals surface area contributed by atoms with Gasteiger partial charge in [-0.3, -0.25) is 9.59 Å². The number of alkyl halides is 3. The fourth-order valence-corrected chi connectivity index (χ4v) is 4.81. The summed E-state index contributed by atoms with van der Waals surface area (Å²) in [6, 6.07) is 10.9. The van der Waals surface area contributed by atoms with E-state index in [1.807, 2.05) is 0 Å². The molecule has 1 saturated heterocycles. The van der Waals surface area contributed by atoms with Gasteiger partial charge < -0.3 is 10.6 Å². The van der Waals surface area contributed by atoms with E-state index >= 15 is 0 Å². The molecule has 2 amide bonds. The van der Waals surface area contributed by atoms with E-state index in [9.17, 15) is 31.2 Å². The Morgan fingerprint density at radius 1 is 0.939 bits per heavy atom. The third-order valence-corrected chi connectivity index (χ3v) is 7.26. The zero-order valence-electron chi connectivity index (χ0n) is 17.9. The molecular weight excluding hydrogens is 459 g/mol. The number of anilines is 1. The van der Waals surface area contributed by atoms with Gasteiger partial charge in [0.25, 0.3) is 11.8 Å². The number of sulfonamides is 1. The van der Waals surface area contributed by atoms with Crippen molar-refractivity contribution < 1.29 is 31.2 Å². The quantitative estimate of drug-likeness (QED) is 0.656. The average Bonchev–Trinajstić information content (AvgIpc) is 2.78. The summed E-state index contributed by atoms with van der Waals surface area (Å²) >= 11 is 0. The first-order valence-electron chi connectivity index (χ1n) is 10.3. The van der Waals surface area contributed by atoms with Gasteiger partial charge in [-0.25, -0.2) is 8.42 Å². The lowest BCUT2D eigenvalue weighted by atomic mass is 10.0. The molecule has 0 radical (unpaired) electrons. The Balaban J connectivity index is 1.61. The highest BCUT2D eigenvalue weighted by molar-refractivity contribution is 7.89. The van der Waals surface area contributed by atoms with Gasteiger partial charge in [-0.15, -0.1) is 0 Å². The number of halogens is 3. The fourth-order valence-electron chi connectivity index (χ4n) is 3.34. The third-order valence-electron chi connectivity index (χ3n) is 5.35. The van der Waals surface area contributed by atoms with E-state index in [0.29, 0.717) is 24.7 Å². The topological polar surface area (TPSA) is 95.6 Å². The molecule has 2 N–H and O–H groups in total. The second-order valence-electron chi connectivity index (χ2n) is 7.94. The Labute approximate surface area is 190 Å². The van der Waals surface area contributed by atoms with Crippen LogP contribution in [0.3, 0.4) is 0 Å². The molecule has 1 aliphatic rings. The van der Waals surface area contributed by atoms with Crippen LogP contribution in [0.15, 0.2) is 53.4 Å². The molecule has 0 spiro atoms. The molecule has 0 atom stereocenters. The molecule has 7 nitrogen and oxygen atoms in total. The minimum absolute atomic E-state index is 0.0129. The Kier molecular flexibility index (Phi) is 7.43. The standard InChI is InChI=1S/C22H24F3N3O4S/c1-15-10-12-28(13-11-15)33(31,32)19-8-4-17(5-9-19)21(30)27-18-6-2-16(3-7-18)20(29)26-14-22(23,24)25/h2-9,15H,10-14H2,1H3,(H,26,29)(H,27,30). The molecule has 0 aromatic heterocycles. The van der Waals surface area contributed by atoms with E-state index in [-0.39, 0.29) is 16.0 Å². The minimum atomic E-state index is -4.51. The van der Waals surface area contributed by atoms with Crippen LogP contribution in [0.25, 0.3) is 0 Å². The van der Waals surface area contributed by atoms with Crippen molar-refractivity contribution in [2.24, 2.45) is 5.92 Å². The highest BCUT2D eigenvalue weighted by Crippen LogP contribution is 2.24. The molecule has 1 fully saturated rings. The van der Waals surface area contributed by atoms with E-state index in [2.05, 4.69) is 12.2 Å². The number of amides is 2. The molecule has 178 valence electrons. The van der Waals surface area contributed by atoms with Gasteiger partial charge in [-0.2, -0.15) is 17.5 Å². The van der Waals surface area contributed by atoms with Gasteiger partial charge in [0.2, 0.25) is 10.0 Å². The molecule has 33 heavy (non-hydrogen) atoms. The third kappa shape index (κ3) is 6.55. The smallest absolute Gasteiger partial charge is 0.343 e. The first kappa shape index (κ1) is 24.7. The van der Waals surface area contributed by atoms with E-state index in [1.165, 1.54) is 52.8 Å². The molecule has 0 saturated carbocycles. The summed E-state index contributed by atoms with van der Waals surface area (Å²) in [4.78, 5) is 24.3. The Morgan fingerprint density at radius 3 is 2.00 bits per heavy atom. The maximum atomic E-state index is 12.8. The number of hydrogen-bond donors (Lipinski definition) is 2. The van der Waals surface area contributed by atoms with Gasteiger partial charge in [0, 0.05) is 29.9 Å². The van der Waals surface area contributed by atoms with Crippen molar-refractivity contribution in [1.82, 2.24) is 9.62 Å². The van der Waals surface area contributed by atoms with E-state index < -0.39 is 34.6 Å². The Hall–Kier alpha value is -2.92. The summed E-state index contributed by atoms with van der Waals surface area (Å²) in [7, 11) is -3.62. The average molecular weight is 484 g/mol. The molecule has 0 bridgehead atoms. The Morgan fingerprint density at radius 2 is 1.45 bits per heavy atom. The maximum Gasteiger partial charge on any atom is 0.405 e. The first-order chi connectivity index (χ1) is 15.5. The van der Waals surface area contributed by atoms with Crippen molar-refractivity contribution in [3.63, 3.8) is 0 Å². The zero-order chi connectivity index (χ0) is 24.2. The predicted molar refractivity (Wildman–Crippen MR) is 116 cm³/mol. The highest BCUT2D eigenvalue weighted by Gasteiger charge is 2.29. The lowest BCUT2D eigenvalue weighted by Crippen LogP contribution is -2.37. The molecule has 3 rings (SSSR count). The minimum Gasteiger partial charge on any atom is -0.343 e. The van der Waals surface area contributed by atoms with Crippen LogP contribution in [0.4, 0.5) is 18.9 Å². The number of carbonyl (C=O) groups is 2. The van der Waals surface area contributed by atoms with Crippen LogP contribution >= 0.6 is 0 Å². The number of carbonyl (C=O) groups excluding carboxylic acids is 2. The first-order valence-corrected chi connectivity index (χ1v) is 11.8. The summed E-state index contributed by atoms with van der Waals surface area (Å²) in [5, 5.41) is 4.36. The lowest BCUT2D eigenvalue weighted by Gasteiger charge is -2.29. The van der Waals surface area contributed by atoms with Gasteiger partial charge in [0.1, 0.15) is 6.54 Å². The summed E-state index contributed by atoms with van der Waals surface area (Å²) in [5.74, 6) is -0.893. The fraction of sp³-hybridized carbons (Fsp3) is 0.364. The summed E-state index contributed by atoms with van der Waals surface area (Å²) in [5.41, 5.74) is 0.568. The second-order valence-corrected chi connectivity index (χ2v) is 9.88. The number of benzene rings is 2. The number of hydrogen-bond acceptors (Lipinski definition) is 4.